The van der Waals surface area contributed by atoms with Crippen molar-refractivity contribution in [1.82, 2.24) is 15.5 Å². The molecule has 158 valence electrons. The molecule has 6 nitrogen and oxygen atoms in total. The molecule has 2 rings (SSSR count). The highest BCUT2D eigenvalue weighted by molar-refractivity contribution is 5.77. The van der Waals surface area contributed by atoms with E-state index in [0.29, 0.717) is 24.1 Å². The normalized spacial score (nSPS) is 21.2. The van der Waals surface area contributed by atoms with Crippen molar-refractivity contribution in [1.29, 1.82) is 0 Å². The van der Waals surface area contributed by atoms with Crippen LogP contribution in [0.5, 0.6) is 11.5 Å². The van der Waals surface area contributed by atoms with Gasteiger partial charge in [-0.1, -0.05) is 19.9 Å². The van der Waals surface area contributed by atoms with E-state index in [1.165, 1.54) is 19.5 Å². The lowest BCUT2D eigenvalue weighted by Crippen LogP contribution is -2.45. The van der Waals surface area contributed by atoms with Gasteiger partial charge in [-0.05, 0) is 49.8 Å². The number of carbonyl (C=O) groups is 1. The number of hydrogen-bond acceptors (Lipinski definition) is 5. The molecule has 0 spiro atoms. The average molecular weight is 392 g/mol. The third kappa shape index (κ3) is 7.32. The van der Waals surface area contributed by atoms with Gasteiger partial charge in [0.25, 0.3) is 5.91 Å². The molecule has 1 heterocycles. The molecule has 2 N–H and O–H groups in total. The van der Waals surface area contributed by atoms with E-state index in [9.17, 15) is 4.79 Å². The molecule has 1 fully saturated rings. The number of hydrogen-bond donors (Lipinski definition) is 2. The fourth-order valence-corrected chi connectivity index (χ4v) is 4.02. The highest BCUT2D eigenvalue weighted by Gasteiger charge is 2.22. The summed E-state index contributed by atoms with van der Waals surface area (Å²) in [6.45, 7) is 13.6. The molecule has 1 saturated heterocycles. The molecule has 0 aliphatic carbocycles. The summed E-state index contributed by atoms with van der Waals surface area (Å²) in [7, 11) is 1.62. The number of ether oxygens (including phenoxy) is 2. The molecule has 1 aromatic carbocycles. The number of piperidine rings is 1. The van der Waals surface area contributed by atoms with Gasteiger partial charge in [0.15, 0.2) is 18.1 Å². The first kappa shape index (κ1) is 22.5. The summed E-state index contributed by atoms with van der Waals surface area (Å²) < 4.78 is 11.0. The minimum absolute atomic E-state index is 0.00842. The van der Waals surface area contributed by atoms with Gasteiger partial charge in [0.2, 0.25) is 0 Å². The minimum atomic E-state index is -0.134. The molecule has 1 amide bonds. The maximum atomic E-state index is 11.6. The number of carbonyl (C=O) groups excluding carboxylic acids is 1. The van der Waals surface area contributed by atoms with Crippen LogP contribution in [0.25, 0.3) is 0 Å². The summed E-state index contributed by atoms with van der Waals surface area (Å²) in [5.41, 5.74) is 1.13. The summed E-state index contributed by atoms with van der Waals surface area (Å²) in [6, 6.07) is 6.27. The van der Waals surface area contributed by atoms with Crippen LogP contribution in [-0.2, 0) is 11.3 Å². The van der Waals surface area contributed by atoms with Gasteiger partial charge in [-0.25, -0.2) is 0 Å². The third-order valence-electron chi connectivity index (χ3n) is 5.09. The quantitative estimate of drug-likeness (QED) is 0.642. The van der Waals surface area contributed by atoms with Crippen molar-refractivity contribution >= 4 is 5.91 Å². The molecule has 28 heavy (non-hydrogen) atoms. The number of likely N-dealkylation sites (N-methyl/N-ethyl adjacent to an activating group) is 1. The first-order valence-electron chi connectivity index (χ1n) is 10.4. The number of likely N-dealkylation sites (tertiary alicyclic amines) is 1. The molecule has 3 atom stereocenters. The zero-order chi connectivity index (χ0) is 20.5. The summed E-state index contributed by atoms with van der Waals surface area (Å²) in [5, 5.41) is 6.33. The second kappa shape index (κ2) is 11.3. The van der Waals surface area contributed by atoms with E-state index in [1.54, 1.807) is 7.11 Å². The Morgan fingerprint density at radius 2 is 1.96 bits per heavy atom. The maximum Gasteiger partial charge on any atom is 0.257 e. The van der Waals surface area contributed by atoms with Crippen LogP contribution in [0.15, 0.2) is 18.2 Å². The summed E-state index contributed by atoms with van der Waals surface area (Å²) >= 11 is 0. The van der Waals surface area contributed by atoms with Crippen molar-refractivity contribution < 1.29 is 14.3 Å². The van der Waals surface area contributed by atoms with Gasteiger partial charge in [-0.2, -0.15) is 0 Å². The zero-order valence-electron chi connectivity index (χ0n) is 18.1. The van der Waals surface area contributed by atoms with Gasteiger partial charge >= 0.3 is 0 Å². The number of nitrogens with one attached hydrogen (secondary N) is 2. The van der Waals surface area contributed by atoms with Crippen molar-refractivity contribution in [2.45, 2.75) is 46.7 Å². The predicted molar refractivity (Wildman–Crippen MR) is 113 cm³/mol. The van der Waals surface area contributed by atoms with Crippen molar-refractivity contribution in [3.8, 4) is 11.5 Å². The summed E-state index contributed by atoms with van der Waals surface area (Å²) in [4.78, 5) is 14.2. The van der Waals surface area contributed by atoms with Gasteiger partial charge in [-0.3, -0.25) is 4.79 Å². The van der Waals surface area contributed by atoms with E-state index in [-0.39, 0.29) is 12.5 Å². The zero-order valence-corrected chi connectivity index (χ0v) is 18.1. The maximum absolute atomic E-state index is 11.6. The number of nitrogens with zero attached hydrogens (tertiary/aromatic N) is 1. The Hall–Kier alpha value is -1.79. The van der Waals surface area contributed by atoms with Gasteiger partial charge in [0.1, 0.15) is 0 Å². The molecular weight excluding hydrogens is 354 g/mol. The smallest absolute Gasteiger partial charge is 0.257 e. The fraction of sp³-hybridized carbons (Fsp3) is 0.682. The first-order chi connectivity index (χ1) is 13.4. The van der Waals surface area contributed by atoms with Crippen LogP contribution >= 0.6 is 0 Å². The summed E-state index contributed by atoms with van der Waals surface area (Å²) in [6.07, 6.45) is 1.34. The highest BCUT2D eigenvalue weighted by atomic mass is 16.5. The van der Waals surface area contributed by atoms with Gasteiger partial charge in [0.05, 0.1) is 7.11 Å². The molecule has 1 aromatic rings. The Morgan fingerprint density at radius 1 is 1.25 bits per heavy atom. The van der Waals surface area contributed by atoms with Crippen molar-refractivity contribution in [3.63, 3.8) is 0 Å². The Kier molecular flexibility index (Phi) is 9.06. The van der Waals surface area contributed by atoms with Crippen LogP contribution in [0.3, 0.4) is 0 Å². The molecule has 0 aromatic heterocycles. The Balaban J connectivity index is 1.83. The van der Waals surface area contributed by atoms with E-state index in [1.807, 2.05) is 25.1 Å². The van der Waals surface area contributed by atoms with E-state index in [2.05, 4.69) is 36.3 Å². The lowest BCUT2D eigenvalue weighted by molar-refractivity contribution is -0.123. The van der Waals surface area contributed by atoms with E-state index in [4.69, 9.17) is 9.47 Å². The highest BCUT2D eigenvalue weighted by Crippen LogP contribution is 2.28. The van der Waals surface area contributed by atoms with Gasteiger partial charge < -0.3 is 25.0 Å². The van der Waals surface area contributed by atoms with Crippen LogP contribution < -0.4 is 20.1 Å². The molecule has 0 radical (unpaired) electrons. The molecule has 1 aliphatic heterocycles. The lowest BCUT2D eigenvalue weighted by Gasteiger charge is -2.36. The average Bonchev–Trinajstić information content (AvgIpc) is 2.64. The SMILES string of the molecule is CCNC(=O)COc1ccc(CNC(C)CN2CC(C)CC(C)C2)cc1OC. The molecule has 0 saturated carbocycles. The standard InChI is InChI=1S/C22H37N3O3/c1-6-23-22(26)15-28-20-8-7-19(10-21(20)27-5)11-24-18(4)14-25-12-16(2)9-17(3)13-25/h7-8,10,16-18,24H,6,9,11-15H2,1-5H3,(H,23,26). The van der Waals surface area contributed by atoms with Crippen molar-refractivity contribution in [2.24, 2.45) is 11.8 Å². The van der Waals surface area contributed by atoms with Crippen LogP contribution in [0.2, 0.25) is 0 Å². The van der Waals surface area contributed by atoms with E-state index in [0.717, 1.165) is 30.5 Å². The first-order valence-corrected chi connectivity index (χ1v) is 10.4. The largest absolute Gasteiger partial charge is 0.493 e. The fourth-order valence-electron chi connectivity index (χ4n) is 4.02. The number of methoxy groups -OCH3 is 1. The summed E-state index contributed by atoms with van der Waals surface area (Å²) in [5.74, 6) is 2.67. The Labute approximate surface area is 170 Å². The molecule has 0 bridgehead atoms. The molecule has 3 unspecified atom stereocenters. The van der Waals surface area contributed by atoms with E-state index >= 15 is 0 Å². The minimum Gasteiger partial charge on any atom is -0.493 e. The van der Waals surface area contributed by atoms with Crippen LogP contribution in [0.1, 0.15) is 39.7 Å². The number of rotatable bonds is 10. The number of benzene rings is 1. The Bertz CT molecular complexity index is 613. The van der Waals surface area contributed by atoms with E-state index < -0.39 is 0 Å². The predicted octanol–water partition coefficient (Wildman–Crippen LogP) is 2.67. The van der Waals surface area contributed by atoms with Crippen LogP contribution in [0, 0.1) is 11.8 Å². The van der Waals surface area contributed by atoms with Crippen molar-refractivity contribution in [2.75, 3.05) is 39.9 Å². The second-order valence-corrected chi connectivity index (χ2v) is 8.17. The van der Waals surface area contributed by atoms with Crippen LogP contribution in [0.4, 0.5) is 0 Å². The van der Waals surface area contributed by atoms with Gasteiger partial charge in [0, 0.05) is 38.8 Å². The number of amides is 1. The second-order valence-electron chi connectivity index (χ2n) is 8.17. The molecular formula is C22H37N3O3. The molecule has 6 heteroatoms. The third-order valence-corrected chi connectivity index (χ3v) is 5.09. The lowest BCUT2D eigenvalue weighted by atomic mass is 9.92. The van der Waals surface area contributed by atoms with Crippen LogP contribution in [-0.4, -0.2) is 56.7 Å². The Morgan fingerprint density at radius 3 is 2.61 bits per heavy atom. The van der Waals surface area contributed by atoms with Crippen molar-refractivity contribution in [3.05, 3.63) is 23.8 Å². The topological polar surface area (TPSA) is 62.8 Å². The monoisotopic (exact) mass is 391 g/mol. The van der Waals surface area contributed by atoms with Gasteiger partial charge in [-0.15, -0.1) is 0 Å². The molecule has 1 aliphatic rings.